The molecule has 0 radical (unpaired) electrons. The molecular weight excluding hydrogens is 513 g/mol. The monoisotopic (exact) mass is 535 g/mol. The number of hydrogen-bond acceptors (Lipinski definition) is 6. The van der Waals surface area contributed by atoms with E-state index in [9.17, 15) is 22.4 Å². The molecule has 38 heavy (non-hydrogen) atoms. The van der Waals surface area contributed by atoms with Crippen LogP contribution in [0.3, 0.4) is 0 Å². The highest BCUT2D eigenvalue weighted by atomic mass is 19.4. The molecule has 1 amide bonds. The molecule has 200 valence electrons. The van der Waals surface area contributed by atoms with E-state index in [1.54, 1.807) is 4.40 Å². The number of halogens is 5. The third kappa shape index (κ3) is 4.63. The first kappa shape index (κ1) is 25.8. The van der Waals surface area contributed by atoms with E-state index in [0.717, 1.165) is 18.2 Å². The van der Waals surface area contributed by atoms with Gasteiger partial charge >= 0.3 is 6.18 Å². The Morgan fingerprint density at radius 2 is 2.00 bits per heavy atom. The molecule has 0 bridgehead atoms. The van der Waals surface area contributed by atoms with Gasteiger partial charge in [-0.2, -0.15) is 13.2 Å². The summed E-state index contributed by atoms with van der Waals surface area (Å²) >= 11 is 0. The van der Waals surface area contributed by atoms with Gasteiger partial charge in [0.1, 0.15) is 29.1 Å². The Morgan fingerprint density at radius 1 is 1.21 bits per heavy atom. The second-order valence-corrected chi connectivity index (χ2v) is 8.91. The quantitative estimate of drug-likeness (QED) is 0.385. The lowest BCUT2D eigenvalue weighted by atomic mass is 10.00. The summed E-state index contributed by atoms with van der Waals surface area (Å²) < 4.78 is 81.8. The van der Waals surface area contributed by atoms with E-state index >= 15 is 4.39 Å². The normalized spacial score (nSPS) is 18.3. The number of hydrogen-bond donors (Lipinski definition) is 1. The lowest BCUT2D eigenvalue weighted by Gasteiger charge is -2.39. The van der Waals surface area contributed by atoms with Crippen molar-refractivity contribution in [2.24, 2.45) is 0 Å². The van der Waals surface area contributed by atoms with Crippen molar-refractivity contribution in [1.82, 2.24) is 19.3 Å². The molecule has 5 rings (SSSR count). The van der Waals surface area contributed by atoms with Gasteiger partial charge in [0.05, 0.1) is 47.3 Å². The molecule has 1 fully saturated rings. The van der Waals surface area contributed by atoms with E-state index in [2.05, 4.69) is 9.97 Å². The van der Waals surface area contributed by atoms with Gasteiger partial charge in [0.15, 0.2) is 0 Å². The van der Waals surface area contributed by atoms with Crippen LogP contribution in [-0.2, 0) is 22.2 Å². The number of anilines is 1. The lowest BCUT2D eigenvalue weighted by Crippen LogP contribution is -2.52. The van der Waals surface area contributed by atoms with Crippen LogP contribution in [0.5, 0.6) is 0 Å². The smallest absolute Gasteiger partial charge is 0.382 e. The van der Waals surface area contributed by atoms with Crippen LogP contribution >= 0.6 is 0 Å². The number of imidazole rings is 1. The number of nitrogens with two attached hydrogens (primary N) is 1. The molecule has 1 saturated heterocycles. The summed E-state index contributed by atoms with van der Waals surface area (Å²) in [7, 11) is 1.41. The van der Waals surface area contributed by atoms with Crippen molar-refractivity contribution in [3.05, 3.63) is 71.2 Å². The van der Waals surface area contributed by atoms with Crippen LogP contribution in [-0.4, -0.2) is 57.6 Å². The molecule has 2 unspecified atom stereocenters. The molecule has 0 aliphatic carbocycles. The molecule has 3 heterocycles. The number of alkyl halides is 3. The number of benzene rings is 2. The Kier molecular flexibility index (Phi) is 6.65. The van der Waals surface area contributed by atoms with Gasteiger partial charge in [-0.3, -0.25) is 9.20 Å². The number of fused-ring (bicyclic) bond motifs is 3. The van der Waals surface area contributed by atoms with E-state index in [1.165, 1.54) is 30.6 Å². The van der Waals surface area contributed by atoms with Gasteiger partial charge < -0.3 is 20.1 Å². The zero-order chi connectivity index (χ0) is 27.2. The Balaban J connectivity index is 1.60. The van der Waals surface area contributed by atoms with Gasteiger partial charge in [-0.25, -0.2) is 18.7 Å². The van der Waals surface area contributed by atoms with Gasteiger partial charge in [-0.1, -0.05) is 6.07 Å². The summed E-state index contributed by atoms with van der Waals surface area (Å²) in [6.07, 6.45) is -2.17. The lowest BCUT2D eigenvalue weighted by molar-refractivity contribution is -0.137. The maximum absolute atomic E-state index is 15.3. The van der Waals surface area contributed by atoms with Gasteiger partial charge in [-0.05, 0) is 24.6 Å². The highest BCUT2D eigenvalue weighted by Gasteiger charge is 2.36. The summed E-state index contributed by atoms with van der Waals surface area (Å²) in [5, 5.41) is 0. The van der Waals surface area contributed by atoms with Crippen LogP contribution in [0, 0.1) is 11.6 Å². The highest BCUT2D eigenvalue weighted by molar-refractivity contribution is 5.98. The van der Waals surface area contributed by atoms with Gasteiger partial charge in [0, 0.05) is 31.9 Å². The molecule has 2 atom stereocenters. The van der Waals surface area contributed by atoms with E-state index in [4.69, 9.17) is 15.2 Å². The molecule has 1 aliphatic rings. The Labute approximate surface area is 212 Å². The standard InChI is InChI=1S/C25H22F5N5O3/c1-37-22-11-38-5-4-19(22)34(10-13-2-3-14(6-16(13)26)25(28,29)30)24(36)15-7-20-18(8-17(15)27)33-23(31)21-9-32-12-35(20)21/h2-3,6-9,12,19,22H,4-5,10-11H2,1H3,(H2,31,33). The number of carbonyl (C=O) groups is 1. The third-order valence-electron chi connectivity index (χ3n) is 6.65. The Morgan fingerprint density at radius 3 is 2.71 bits per heavy atom. The molecular formula is C25H22F5N5O3. The number of carbonyl (C=O) groups excluding carboxylic acids is 1. The van der Waals surface area contributed by atoms with Crippen molar-refractivity contribution in [2.75, 3.05) is 26.1 Å². The zero-order valence-electron chi connectivity index (χ0n) is 20.0. The van der Waals surface area contributed by atoms with Crippen LogP contribution in [0.15, 0.2) is 42.9 Å². The number of nitrogen functional groups attached to an aromatic ring is 1. The van der Waals surface area contributed by atoms with E-state index in [-0.39, 0.29) is 42.1 Å². The fourth-order valence-corrected chi connectivity index (χ4v) is 4.67. The average Bonchev–Trinajstić information content (AvgIpc) is 3.38. The van der Waals surface area contributed by atoms with Crippen molar-refractivity contribution in [3.8, 4) is 0 Å². The van der Waals surface area contributed by atoms with Crippen molar-refractivity contribution in [2.45, 2.75) is 31.3 Å². The fraction of sp³-hybridized carbons (Fsp3) is 0.320. The van der Waals surface area contributed by atoms with Gasteiger partial charge in [-0.15, -0.1) is 0 Å². The Hall–Kier alpha value is -3.84. The van der Waals surface area contributed by atoms with Crippen LogP contribution in [0.4, 0.5) is 27.8 Å². The number of ether oxygens (including phenoxy) is 2. The second kappa shape index (κ2) is 9.80. The summed E-state index contributed by atoms with van der Waals surface area (Å²) in [5.41, 5.74) is 5.25. The molecule has 0 spiro atoms. The maximum atomic E-state index is 15.3. The van der Waals surface area contributed by atoms with Crippen molar-refractivity contribution in [1.29, 1.82) is 0 Å². The summed E-state index contributed by atoms with van der Waals surface area (Å²) in [6, 6.07) is 3.77. The molecule has 8 nitrogen and oxygen atoms in total. The molecule has 0 saturated carbocycles. The van der Waals surface area contributed by atoms with Crippen LogP contribution < -0.4 is 5.73 Å². The minimum Gasteiger partial charge on any atom is -0.382 e. The molecule has 4 aromatic rings. The van der Waals surface area contributed by atoms with E-state index in [1.807, 2.05) is 0 Å². The first-order valence-electron chi connectivity index (χ1n) is 11.6. The summed E-state index contributed by atoms with van der Waals surface area (Å²) in [6.45, 7) is -0.0480. The number of rotatable bonds is 5. The minimum atomic E-state index is -4.74. The van der Waals surface area contributed by atoms with E-state index in [0.29, 0.717) is 17.1 Å². The summed E-state index contributed by atoms with van der Waals surface area (Å²) in [5.74, 6) is -2.72. The number of aromatic nitrogens is 3. The first-order chi connectivity index (χ1) is 18.1. The first-order valence-corrected chi connectivity index (χ1v) is 11.6. The van der Waals surface area contributed by atoms with Crippen LogP contribution in [0.25, 0.3) is 16.6 Å². The highest BCUT2D eigenvalue weighted by Crippen LogP contribution is 2.32. The maximum Gasteiger partial charge on any atom is 0.416 e. The van der Waals surface area contributed by atoms with Crippen LogP contribution in [0.1, 0.15) is 27.9 Å². The second-order valence-electron chi connectivity index (χ2n) is 8.91. The third-order valence-corrected chi connectivity index (χ3v) is 6.65. The van der Waals surface area contributed by atoms with E-state index < -0.39 is 48.0 Å². The number of methoxy groups -OCH3 is 1. The minimum absolute atomic E-state index is 0.123. The SMILES string of the molecule is COC1COCCC1N(Cc1ccc(C(F)(F)F)cc1F)C(=O)c1cc2c(cc1F)nc(N)c1cncn12. The van der Waals surface area contributed by atoms with Crippen molar-refractivity contribution >= 4 is 28.3 Å². The molecule has 2 aromatic heterocycles. The van der Waals surface area contributed by atoms with Gasteiger partial charge in [0.25, 0.3) is 5.91 Å². The van der Waals surface area contributed by atoms with Gasteiger partial charge in [0.2, 0.25) is 0 Å². The fourth-order valence-electron chi connectivity index (χ4n) is 4.67. The largest absolute Gasteiger partial charge is 0.416 e. The Bertz CT molecular complexity index is 1520. The predicted molar refractivity (Wildman–Crippen MR) is 126 cm³/mol. The predicted octanol–water partition coefficient (Wildman–Crippen LogP) is 4.21. The molecule has 1 aliphatic heterocycles. The average molecular weight is 535 g/mol. The zero-order valence-corrected chi connectivity index (χ0v) is 20.0. The molecule has 13 heteroatoms. The topological polar surface area (TPSA) is 95.0 Å². The van der Waals surface area contributed by atoms with Crippen molar-refractivity contribution < 1.29 is 36.2 Å². The van der Waals surface area contributed by atoms with Crippen molar-refractivity contribution in [3.63, 3.8) is 0 Å². The van der Waals surface area contributed by atoms with Crippen LogP contribution in [0.2, 0.25) is 0 Å². The number of nitrogens with zero attached hydrogens (tertiary/aromatic N) is 4. The number of amides is 1. The molecule has 2 aromatic carbocycles. The summed E-state index contributed by atoms with van der Waals surface area (Å²) in [4.78, 5) is 23.3. The molecule has 2 N–H and O–H groups in total.